The van der Waals surface area contributed by atoms with Gasteiger partial charge in [0, 0.05) is 37.9 Å². The second-order valence-corrected chi connectivity index (χ2v) is 6.71. The molecule has 1 fully saturated rings. The van der Waals surface area contributed by atoms with Crippen LogP contribution in [0.1, 0.15) is 0 Å². The van der Waals surface area contributed by atoms with Gasteiger partial charge in [0.15, 0.2) is 0 Å². The number of phenolic OH excluding ortho intramolecular Hbond substituents is 1. The van der Waals surface area contributed by atoms with Crippen molar-refractivity contribution in [3.8, 4) is 5.75 Å². The molecule has 1 aromatic carbocycles. The van der Waals surface area contributed by atoms with Crippen molar-refractivity contribution >= 4 is 15.7 Å². The first-order valence-corrected chi connectivity index (χ1v) is 8.09. The summed E-state index contributed by atoms with van der Waals surface area (Å²) >= 11 is 0. The third-order valence-electron chi connectivity index (χ3n) is 3.52. The topological polar surface area (TPSA) is 74.0 Å². The van der Waals surface area contributed by atoms with Crippen molar-refractivity contribution in [2.75, 3.05) is 31.1 Å². The summed E-state index contributed by atoms with van der Waals surface area (Å²) in [5.74, 6) is 0.207. The minimum absolute atomic E-state index is 0.0201. The Balaban J connectivity index is 1.71. The molecule has 3 rings (SSSR count). The monoisotopic (exact) mass is 308 g/mol. The van der Waals surface area contributed by atoms with Crippen molar-refractivity contribution in [1.29, 1.82) is 0 Å². The molecule has 0 unspecified atom stereocenters. The molecule has 0 spiro atoms. The van der Waals surface area contributed by atoms with Crippen molar-refractivity contribution < 1.29 is 17.9 Å². The average molecular weight is 308 g/mol. The number of hydrogen-bond acceptors (Lipinski definition) is 5. The number of sulfonamides is 1. The Bertz CT molecular complexity index is 704. The van der Waals surface area contributed by atoms with E-state index in [0.717, 1.165) is 5.69 Å². The van der Waals surface area contributed by atoms with Gasteiger partial charge in [-0.1, -0.05) is 6.07 Å². The van der Waals surface area contributed by atoms with Crippen LogP contribution in [0.3, 0.4) is 0 Å². The third kappa shape index (κ3) is 2.74. The molecule has 2 aromatic rings. The molecule has 6 nitrogen and oxygen atoms in total. The lowest BCUT2D eigenvalue weighted by atomic mass is 10.2. The number of hydrogen-bond donors (Lipinski definition) is 1. The molecule has 21 heavy (non-hydrogen) atoms. The van der Waals surface area contributed by atoms with Gasteiger partial charge >= 0.3 is 0 Å². The Morgan fingerprint density at radius 3 is 2.43 bits per heavy atom. The van der Waals surface area contributed by atoms with E-state index < -0.39 is 10.0 Å². The molecule has 0 atom stereocenters. The lowest BCUT2D eigenvalue weighted by Crippen LogP contribution is -2.48. The molecule has 112 valence electrons. The van der Waals surface area contributed by atoms with Gasteiger partial charge in [0.1, 0.15) is 5.75 Å². The van der Waals surface area contributed by atoms with E-state index in [1.807, 2.05) is 11.0 Å². The number of piperazine rings is 1. The standard InChI is InChI=1S/C14H16N2O4S/c17-13-4-1-3-12(11-13)15-6-8-16(9-7-15)21(18,19)14-5-2-10-20-14/h1-5,10-11,17H,6-9H2. The number of benzene rings is 1. The molecule has 0 saturated carbocycles. The van der Waals surface area contributed by atoms with Crippen molar-refractivity contribution in [2.45, 2.75) is 5.09 Å². The zero-order valence-electron chi connectivity index (χ0n) is 11.3. The van der Waals surface area contributed by atoms with Crippen molar-refractivity contribution in [1.82, 2.24) is 4.31 Å². The first kappa shape index (κ1) is 14.0. The minimum atomic E-state index is -3.54. The molecule has 0 amide bonds. The van der Waals surface area contributed by atoms with Crippen LogP contribution in [0.25, 0.3) is 0 Å². The lowest BCUT2D eigenvalue weighted by molar-refractivity contribution is 0.361. The summed E-state index contributed by atoms with van der Waals surface area (Å²) in [4.78, 5) is 2.05. The van der Waals surface area contributed by atoms with Crippen LogP contribution in [0.4, 0.5) is 5.69 Å². The SMILES string of the molecule is O=S(=O)(c1ccco1)N1CCN(c2cccc(O)c2)CC1. The Kier molecular flexibility index (Phi) is 3.60. The average Bonchev–Trinajstić information content (AvgIpc) is 3.02. The highest BCUT2D eigenvalue weighted by molar-refractivity contribution is 7.89. The summed E-state index contributed by atoms with van der Waals surface area (Å²) in [6.07, 6.45) is 1.36. The van der Waals surface area contributed by atoms with E-state index in [-0.39, 0.29) is 10.8 Å². The smallest absolute Gasteiger partial charge is 0.276 e. The predicted octanol–water partition coefficient (Wildman–Crippen LogP) is 1.50. The van der Waals surface area contributed by atoms with Gasteiger partial charge in [-0.2, -0.15) is 4.31 Å². The fourth-order valence-corrected chi connectivity index (χ4v) is 3.74. The summed E-state index contributed by atoms with van der Waals surface area (Å²) in [5, 5.41) is 9.48. The van der Waals surface area contributed by atoms with Gasteiger partial charge in [-0.05, 0) is 24.3 Å². The second-order valence-electron chi connectivity index (χ2n) is 4.84. The Morgan fingerprint density at radius 2 is 1.81 bits per heavy atom. The van der Waals surface area contributed by atoms with Crippen molar-refractivity contribution in [3.05, 3.63) is 42.7 Å². The summed E-state index contributed by atoms with van der Waals surface area (Å²) in [7, 11) is -3.54. The zero-order valence-corrected chi connectivity index (χ0v) is 12.2. The van der Waals surface area contributed by atoms with E-state index in [1.165, 1.54) is 16.6 Å². The maximum atomic E-state index is 12.3. The van der Waals surface area contributed by atoms with Crippen LogP contribution < -0.4 is 4.90 Å². The molecular formula is C14H16N2O4S. The van der Waals surface area contributed by atoms with Gasteiger partial charge in [0.05, 0.1) is 6.26 Å². The van der Waals surface area contributed by atoms with Crippen LogP contribution in [-0.4, -0.2) is 44.0 Å². The number of aromatic hydroxyl groups is 1. The molecule has 1 aliphatic rings. The van der Waals surface area contributed by atoms with Gasteiger partial charge in [-0.25, -0.2) is 8.42 Å². The van der Waals surface area contributed by atoms with Gasteiger partial charge < -0.3 is 14.4 Å². The predicted molar refractivity (Wildman–Crippen MR) is 77.8 cm³/mol. The van der Waals surface area contributed by atoms with E-state index in [9.17, 15) is 13.5 Å². The van der Waals surface area contributed by atoms with Crippen LogP contribution in [0.15, 0.2) is 52.2 Å². The summed E-state index contributed by atoms with van der Waals surface area (Å²) in [6, 6.07) is 9.98. The van der Waals surface area contributed by atoms with E-state index >= 15 is 0 Å². The van der Waals surface area contributed by atoms with E-state index in [0.29, 0.717) is 26.2 Å². The Morgan fingerprint density at radius 1 is 1.05 bits per heavy atom. The van der Waals surface area contributed by atoms with E-state index in [1.54, 1.807) is 24.3 Å². The maximum absolute atomic E-state index is 12.3. The largest absolute Gasteiger partial charge is 0.508 e. The van der Waals surface area contributed by atoms with Crippen LogP contribution in [-0.2, 0) is 10.0 Å². The molecular weight excluding hydrogens is 292 g/mol. The highest BCUT2D eigenvalue weighted by atomic mass is 32.2. The van der Waals surface area contributed by atoms with E-state index in [2.05, 4.69) is 0 Å². The van der Waals surface area contributed by atoms with Gasteiger partial charge in [0.25, 0.3) is 10.0 Å². The third-order valence-corrected chi connectivity index (χ3v) is 5.31. The summed E-state index contributed by atoms with van der Waals surface area (Å²) in [6.45, 7) is 1.92. The minimum Gasteiger partial charge on any atom is -0.508 e. The van der Waals surface area contributed by atoms with E-state index in [4.69, 9.17) is 4.42 Å². The highest BCUT2D eigenvalue weighted by Crippen LogP contribution is 2.23. The van der Waals surface area contributed by atoms with Crippen molar-refractivity contribution in [3.63, 3.8) is 0 Å². The molecule has 7 heteroatoms. The molecule has 0 bridgehead atoms. The molecule has 2 heterocycles. The molecule has 0 radical (unpaired) electrons. The molecule has 1 saturated heterocycles. The van der Waals surface area contributed by atoms with Crippen LogP contribution in [0.5, 0.6) is 5.75 Å². The number of furan rings is 1. The molecule has 0 aliphatic carbocycles. The van der Waals surface area contributed by atoms with Crippen LogP contribution in [0.2, 0.25) is 0 Å². The first-order chi connectivity index (χ1) is 10.1. The Hall–Kier alpha value is -1.99. The molecule has 1 aromatic heterocycles. The molecule has 1 aliphatic heterocycles. The van der Waals surface area contributed by atoms with Gasteiger partial charge in [0.2, 0.25) is 5.09 Å². The molecule has 1 N–H and O–H groups in total. The number of rotatable bonds is 3. The van der Waals surface area contributed by atoms with Crippen LogP contribution >= 0.6 is 0 Å². The summed E-state index contributed by atoms with van der Waals surface area (Å²) in [5.41, 5.74) is 0.894. The number of phenols is 1. The van der Waals surface area contributed by atoms with Crippen LogP contribution in [0, 0.1) is 0 Å². The highest BCUT2D eigenvalue weighted by Gasteiger charge is 2.30. The van der Waals surface area contributed by atoms with Gasteiger partial charge in [-0.3, -0.25) is 0 Å². The lowest BCUT2D eigenvalue weighted by Gasteiger charge is -2.34. The quantitative estimate of drug-likeness (QED) is 0.930. The number of anilines is 1. The van der Waals surface area contributed by atoms with Gasteiger partial charge in [-0.15, -0.1) is 0 Å². The second kappa shape index (κ2) is 5.42. The zero-order chi connectivity index (χ0) is 14.9. The maximum Gasteiger partial charge on any atom is 0.276 e. The Labute approximate surface area is 123 Å². The fourth-order valence-electron chi connectivity index (χ4n) is 2.41. The first-order valence-electron chi connectivity index (χ1n) is 6.65. The summed E-state index contributed by atoms with van der Waals surface area (Å²) < 4.78 is 31.1. The van der Waals surface area contributed by atoms with Crippen molar-refractivity contribution in [2.24, 2.45) is 0 Å². The fraction of sp³-hybridized carbons (Fsp3) is 0.286. The number of nitrogens with zero attached hydrogens (tertiary/aromatic N) is 2. The normalized spacial score (nSPS) is 17.0.